The van der Waals surface area contributed by atoms with E-state index in [4.69, 9.17) is 9.47 Å². The monoisotopic (exact) mass is 408 g/mol. The molecule has 1 aliphatic rings. The molecule has 0 saturated carbocycles. The molecule has 1 fully saturated rings. The zero-order chi connectivity index (χ0) is 20.6. The second kappa shape index (κ2) is 10.5. The molecule has 0 radical (unpaired) electrons. The van der Waals surface area contributed by atoms with Crippen LogP contribution in [0.2, 0.25) is 0 Å². The third-order valence-corrected chi connectivity index (χ3v) is 5.54. The first-order chi connectivity index (χ1) is 14.8. The fourth-order valence-electron chi connectivity index (χ4n) is 3.84. The van der Waals surface area contributed by atoms with Crippen LogP contribution in [0.3, 0.4) is 0 Å². The predicted octanol–water partition coefficient (Wildman–Crippen LogP) is 4.37. The van der Waals surface area contributed by atoms with Crippen molar-refractivity contribution in [3.63, 3.8) is 0 Å². The summed E-state index contributed by atoms with van der Waals surface area (Å²) in [6.45, 7) is 6.98. The molecule has 30 heavy (non-hydrogen) atoms. The van der Waals surface area contributed by atoms with Gasteiger partial charge in [-0.15, -0.1) is 0 Å². The predicted molar refractivity (Wildman–Crippen MR) is 118 cm³/mol. The minimum atomic E-state index is -0.230. The fourth-order valence-corrected chi connectivity index (χ4v) is 3.84. The van der Waals surface area contributed by atoms with Crippen molar-refractivity contribution in [2.24, 2.45) is 0 Å². The number of nitrogens with one attached hydrogen (secondary N) is 1. The highest BCUT2D eigenvalue weighted by molar-refractivity contribution is 5.87. The molecule has 1 saturated heterocycles. The second-order valence-electron chi connectivity index (χ2n) is 7.66. The van der Waals surface area contributed by atoms with Gasteiger partial charge in [0.25, 0.3) is 0 Å². The van der Waals surface area contributed by atoms with Crippen LogP contribution in [0.5, 0.6) is 5.75 Å². The van der Waals surface area contributed by atoms with Gasteiger partial charge in [0.1, 0.15) is 18.2 Å². The molecule has 3 aromatic rings. The maximum atomic E-state index is 13.2. The van der Waals surface area contributed by atoms with Crippen molar-refractivity contribution in [2.45, 2.75) is 19.6 Å². The summed E-state index contributed by atoms with van der Waals surface area (Å²) in [5, 5.41) is 6.00. The summed E-state index contributed by atoms with van der Waals surface area (Å²) >= 11 is 0. The van der Waals surface area contributed by atoms with Crippen molar-refractivity contribution in [1.82, 2.24) is 10.2 Å². The lowest BCUT2D eigenvalue weighted by Gasteiger charge is -2.26. The van der Waals surface area contributed by atoms with Gasteiger partial charge >= 0.3 is 0 Å². The van der Waals surface area contributed by atoms with Crippen LogP contribution in [0, 0.1) is 5.82 Å². The first-order valence-corrected chi connectivity index (χ1v) is 10.7. The molecule has 1 N–H and O–H groups in total. The van der Waals surface area contributed by atoms with Crippen LogP contribution in [0.25, 0.3) is 10.8 Å². The SMILES string of the molecule is Fc1ccc(COc2ccc3ccccc3c2CNCCCN2CCOCC2)cc1. The first-order valence-electron chi connectivity index (χ1n) is 10.7. The molecule has 0 aliphatic carbocycles. The average Bonchev–Trinajstić information content (AvgIpc) is 2.79. The van der Waals surface area contributed by atoms with E-state index in [9.17, 15) is 4.39 Å². The number of rotatable bonds is 9. The van der Waals surface area contributed by atoms with Crippen molar-refractivity contribution in [2.75, 3.05) is 39.4 Å². The standard InChI is InChI=1S/C25H29FN2O2/c26-22-9-6-20(7-10-22)19-30-25-11-8-21-4-1-2-5-23(21)24(25)18-27-12-3-13-28-14-16-29-17-15-28/h1-2,4-11,27H,3,12-19H2. The molecule has 3 aromatic carbocycles. The van der Waals surface area contributed by atoms with Crippen LogP contribution in [0.4, 0.5) is 4.39 Å². The van der Waals surface area contributed by atoms with Gasteiger partial charge in [-0.2, -0.15) is 0 Å². The van der Waals surface area contributed by atoms with Gasteiger partial charge in [0, 0.05) is 25.2 Å². The lowest BCUT2D eigenvalue weighted by molar-refractivity contribution is 0.0374. The number of hydrogen-bond donors (Lipinski definition) is 1. The van der Waals surface area contributed by atoms with Gasteiger partial charge in [0.2, 0.25) is 0 Å². The Labute approximate surface area is 177 Å². The Balaban J connectivity index is 1.39. The summed E-state index contributed by atoms with van der Waals surface area (Å²) < 4.78 is 24.7. The van der Waals surface area contributed by atoms with Gasteiger partial charge in [0.05, 0.1) is 13.2 Å². The third-order valence-electron chi connectivity index (χ3n) is 5.54. The van der Waals surface area contributed by atoms with Gasteiger partial charge in [0.15, 0.2) is 0 Å². The van der Waals surface area contributed by atoms with E-state index in [-0.39, 0.29) is 5.82 Å². The van der Waals surface area contributed by atoms with Gasteiger partial charge in [-0.05, 0) is 54.0 Å². The maximum Gasteiger partial charge on any atom is 0.124 e. The minimum Gasteiger partial charge on any atom is -0.489 e. The lowest BCUT2D eigenvalue weighted by Crippen LogP contribution is -2.37. The molecule has 0 bridgehead atoms. The zero-order valence-electron chi connectivity index (χ0n) is 17.3. The van der Waals surface area contributed by atoms with Crippen LogP contribution in [-0.4, -0.2) is 44.3 Å². The molecule has 1 aliphatic heterocycles. The smallest absolute Gasteiger partial charge is 0.124 e. The second-order valence-corrected chi connectivity index (χ2v) is 7.66. The molecule has 0 amide bonds. The molecule has 0 unspecified atom stereocenters. The van der Waals surface area contributed by atoms with E-state index in [1.807, 2.05) is 6.07 Å². The number of morpholine rings is 1. The molecule has 0 aromatic heterocycles. The van der Waals surface area contributed by atoms with Crippen LogP contribution in [0.1, 0.15) is 17.5 Å². The average molecular weight is 409 g/mol. The highest BCUT2D eigenvalue weighted by Gasteiger charge is 2.11. The quantitative estimate of drug-likeness (QED) is 0.533. The van der Waals surface area contributed by atoms with E-state index in [1.165, 1.54) is 28.5 Å². The Kier molecular flexibility index (Phi) is 7.29. The number of ether oxygens (including phenoxy) is 2. The molecule has 1 heterocycles. The van der Waals surface area contributed by atoms with Crippen LogP contribution >= 0.6 is 0 Å². The topological polar surface area (TPSA) is 33.7 Å². The number of halogens is 1. The number of fused-ring (bicyclic) bond motifs is 1. The first kappa shape index (κ1) is 20.8. The van der Waals surface area contributed by atoms with Crippen molar-refractivity contribution in [1.29, 1.82) is 0 Å². The summed E-state index contributed by atoms with van der Waals surface area (Å²) in [6, 6.07) is 19.0. The fraction of sp³-hybridized carbons (Fsp3) is 0.360. The molecule has 5 heteroatoms. The van der Waals surface area contributed by atoms with Crippen LogP contribution < -0.4 is 10.1 Å². The van der Waals surface area contributed by atoms with Gasteiger partial charge in [-0.3, -0.25) is 4.90 Å². The Morgan fingerprint density at radius 1 is 0.967 bits per heavy atom. The van der Waals surface area contributed by atoms with E-state index < -0.39 is 0 Å². The molecular weight excluding hydrogens is 379 g/mol. The normalized spacial score (nSPS) is 14.8. The van der Waals surface area contributed by atoms with E-state index in [1.54, 1.807) is 12.1 Å². The van der Waals surface area contributed by atoms with Crippen LogP contribution in [-0.2, 0) is 17.9 Å². The Bertz CT molecular complexity index is 940. The van der Waals surface area contributed by atoms with Gasteiger partial charge < -0.3 is 14.8 Å². The van der Waals surface area contributed by atoms with Gasteiger partial charge in [-0.1, -0.05) is 42.5 Å². The Morgan fingerprint density at radius 2 is 1.77 bits per heavy atom. The van der Waals surface area contributed by atoms with E-state index >= 15 is 0 Å². The van der Waals surface area contributed by atoms with Crippen molar-refractivity contribution in [3.05, 3.63) is 77.6 Å². The summed E-state index contributed by atoms with van der Waals surface area (Å²) in [5.41, 5.74) is 2.12. The lowest BCUT2D eigenvalue weighted by atomic mass is 10.0. The van der Waals surface area contributed by atoms with E-state index in [0.717, 1.165) is 63.7 Å². The molecule has 0 atom stereocenters. The number of hydrogen-bond acceptors (Lipinski definition) is 4. The van der Waals surface area contributed by atoms with Crippen molar-refractivity contribution < 1.29 is 13.9 Å². The summed E-state index contributed by atoms with van der Waals surface area (Å²) in [5.74, 6) is 0.644. The molecule has 0 spiro atoms. The molecule has 158 valence electrons. The largest absolute Gasteiger partial charge is 0.489 e. The molecule has 4 rings (SSSR count). The van der Waals surface area contributed by atoms with E-state index in [2.05, 4.69) is 40.5 Å². The van der Waals surface area contributed by atoms with E-state index in [0.29, 0.717) is 6.61 Å². The van der Waals surface area contributed by atoms with Crippen molar-refractivity contribution >= 4 is 10.8 Å². The van der Waals surface area contributed by atoms with Gasteiger partial charge in [-0.25, -0.2) is 4.39 Å². The third kappa shape index (κ3) is 5.57. The van der Waals surface area contributed by atoms with Crippen molar-refractivity contribution in [3.8, 4) is 5.75 Å². The maximum absolute atomic E-state index is 13.2. The summed E-state index contributed by atoms with van der Waals surface area (Å²) in [6.07, 6.45) is 1.11. The van der Waals surface area contributed by atoms with Crippen LogP contribution in [0.15, 0.2) is 60.7 Å². The molecular formula is C25H29FN2O2. The number of nitrogens with zero attached hydrogens (tertiary/aromatic N) is 1. The molecule has 4 nitrogen and oxygen atoms in total. The highest BCUT2D eigenvalue weighted by Crippen LogP contribution is 2.28. The minimum absolute atomic E-state index is 0.230. The Morgan fingerprint density at radius 3 is 2.60 bits per heavy atom. The summed E-state index contributed by atoms with van der Waals surface area (Å²) in [7, 11) is 0. The summed E-state index contributed by atoms with van der Waals surface area (Å²) in [4.78, 5) is 2.46. The number of benzene rings is 3. The highest BCUT2D eigenvalue weighted by atomic mass is 19.1. The Hall–Kier alpha value is -2.47. The zero-order valence-corrected chi connectivity index (χ0v) is 17.3.